The molecule has 0 bridgehead atoms. The van der Waals surface area contributed by atoms with Crippen LogP contribution < -0.4 is 5.32 Å². The van der Waals surface area contributed by atoms with Crippen molar-refractivity contribution in [2.45, 2.75) is 26.7 Å². The molecule has 2 heteroatoms. The van der Waals surface area contributed by atoms with Crippen molar-refractivity contribution >= 4 is 0 Å². The van der Waals surface area contributed by atoms with Crippen molar-refractivity contribution in [1.82, 2.24) is 5.32 Å². The van der Waals surface area contributed by atoms with E-state index in [2.05, 4.69) is 19.2 Å². The van der Waals surface area contributed by atoms with Crippen molar-refractivity contribution in [3.8, 4) is 0 Å². The van der Waals surface area contributed by atoms with Crippen molar-refractivity contribution in [3.63, 3.8) is 0 Å². The topological polar surface area (TPSA) is 32.3 Å². The quantitative estimate of drug-likeness (QED) is 0.547. The molecule has 0 saturated heterocycles. The molecule has 10 heavy (non-hydrogen) atoms. The average molecular weight is 145 g/mol. The van der Waals surface area contributed by atoms with E-state index in [9.17, 15) is 0 Å². The van der Waals surface area contributed by atoms with Crippen LogP contribution in [-0.4, -0.2) is 24.8 Å². The van der Waals surface area contributed by atoms with E-state index in [0.717, 1.165) is 19.0 Å². The first-order valence-electron chi connectivity index (χ1n) is 4.12. The van der Waals surface area contributed by atoms with Crippen LogP contribution in [0.3, 0.4) is 0 Å². The highest BCUT2D eigenvalue weighted by molar-refractivity contribution is 4.55. The molecular weight excluding hydrogens is 126 g/mol. The molecule has 0 aliphatic heterocycles. The Morgan fingerprint density at radius 3 is 2.70 bits per heavy atom. The van der Waals surface area contributed by atoms with Crippen molar-refractivity contribution in [2.24, 2.45) is 5.92 Å². The second kappa shape index (κ2) is 7.03. The van der Waals surface area contributed by atoms with Gasteiger partial charge in [0.25, 0.3) is 0 Å². The maximum Gasteiger partial charge on any atom is 0.0555 e. The van der Waals surface area contributed by atoms with Gasteiger partial charge in [0, 0.05) is 6.54 Å². The first kappa shape index (κ1) is 9.92. The van der Waals surface area contributed by atoms with E-state index in [-0.39, 0.29) is 6.61 Å². The Kier molecular flexibility index (Phi) is 6.98. The summed E-state index contributed by atoms with van der Waals surface area (Å²) in [7, 11) is 0. The number of aliphatic hydroxyl groups excluding tert-OH is 1. The van der Waals surface area contributed by atoms with Crippen LogP contribution >= 0.6 is 0 Å². The third-order valence-electron chi connectivity index (χ3n) is 1.56. The smallest absolute Gasteiger partial charge is 0.0555 e. The van der Waals surface area contributed by atoms with Crippen molar-refractivity contribution in [3.05, 3.63) is 0 Å². The van der Waals surface area contributed by atoms with Gasteiger partial charge >= 0.3 is 0 Å². The number of hydrogen-bond donors (Lipinski definition) is 2. The minimum Gasteiger partial charge on any atom is -0.395 e. The summed E-state index contributed by atoms with van der Waals surface area (Å²) in [6.45, 7) is 6.44. The summed E-state index contributed by atoms with van der Waals surface area (Å²) >= 11 is 0. The molecule has 0 heterocycles. The summed E-state index contributed by atoms with van der Waals surface area (Å²) in [4.78, 5) is 0. The molecule has 0 aliphatic rings. The van der Waals surface area contributed by atoms with E-state index in [1.54, 1.807) is 0 Å². The fourth-order valence-electron chi connectivity index (χ4n) is 1.02. The fourth-order valence-corrected chi connectivity index (χ4v) is 1.02. The third-order valence-corrected chi connectivity index (χ3v) is 1.56. The lowest BCUT2D eigenvalue weighted by Gasteiger charge is -2.09. The number of aliphatic hydroxyl groups is 1. The molecule has 0 spiro atoms. The zero-order valence-corrected chi connectivity index (χ0v) is 7.06. The Morgan fingerprint density at radius 1 is 1.50 bits per heavy atom. The molecule has 2 nitrogen and oxygen atoms in total. The first-order valence-corrected chi connectivity index (χ1v) is 4.12. The molecule has 2 N–H and O–H groups in total. The van der Waals surface area contributed by atoms with E-state index < -0.39 is 0 Å². The minimum atomic E-state index is 0.249. The van der Waals surface area contributed by atoms with Crippen molar-refractivity contribution < 1.29 is 5.11 Å². The second-order valence-electron chi connectivity index (χ2n) is 2.82. The van der Waals surface area contributed by atoms with Gasteiger partial charge in [-0.1, -0.05) is 20.3 Å². The van der Waals surface area contributed by atoms with Crippen LogP contribution in [0.25, 0.3) is 0 Å². The maximum atomic E-state index is 8.45. The maximum absolute atomic E-state index is 8.45. The molecule has 0 amide bonds. The molecule has 1 unspecified atom stereocenters. The number of rotatable bonds is 6. The Hall–Kier alpha value is -0.0800. The van der Waals surface area contributed by atoms with Gasteiger partial charge in [-0.3, -0.25) is 0 Å². The summed E-state index contributed by atoms with van der Waals surface area (Å²) in [6.07, 6.45) is 2.53. The minimum absolute atomic E-state index is 0.249. The molecule has 1 atom stereocenters. The van der Waals surface area contributed by atoms with Gasteiger partial charge < -0.3 is 10.4 Å². The number of nitrogens with one attached hydrogen (secondary N) is 1. The summed E-state index contributed by atoms with van der Waals surface area (Å²) < 4.78 is 0. The molecule has 62 valence electrons. The molecule has 0 rings (SSSR count). The van der Waals surface area contributed by atoms with Gasteiger partial charge in [0.2, 0.25) is 0 Å². The molecule has 0 saturated carbocycles. The van der Waals surface area contributed by atoms with Gasteiger partial charge in [0.1, 0.15) is 0 Å². The van der Waals surface area contributed by atoms with Gasteiger partial charge in [-0.2, -0.15) is 0 Å². The van der Waals surface area contributed by atoms with Crippen LogP contribution in [0.5, 0.6) is 0 Å². The summed E-state index contributed by atoms with van der Waals surface area (Å²) in [6, 6.07) is 0. The van der Waals surface area contributed by atoms with Crippen LogP contribution in [0, 0.1) is 5.92 Å². The zero-order chi connectivity index (χ0) is 7.82. The molecule has 0 fully saturated rings. The van der Waals surface area contributed by atoms with E-state index >= 15 is 0 Å². The van der Waals surface area contributed by atoms with Gasteiger partial charge in [-0.05, 0) is 18.9 Å². The summed E-state index contributed by atoms with van der Waals surface area (Å²) in [5, 5.41) is 11.6. The monoisotopic (exact) mass is 145 g/mol. The Morgan fingerprint density at radius 2 is 2.20 bits per heavy atom. The average Bonchev–Trinajstić information content (AvgIpc) is 1.89. The molecule has 0 aromatic heterocycles. The predicted molar refractivity (Wildman–Crippen MR) is 44.0 cm³/mol. The highest BCUT2D eigenvalue weighted by Crippen LogP contribution is 2.01. The highest BCUT2D eigenvalue weighted by atomic mass is 16.3. The van der Waals surface area contributed by atoms with E-state index in [1.807, 2.05) is 0 Å². The predicted octanol–water partition coefficient (Wildman–Crippen LogP) is 1.00. The largest absolute Gasteiger partial charge is 0.395 e. The highest BCUT2D eigenvalue weighted by Gasteiger charge is 1.97. The number of hydrogen-bond acceptors (Lipinski definition) is 2. The van der Waals surface area contributed by atoms with Gasteiger partial charge in [-0.15, -0.1) is 0 Å². The molecule has 0 aromatic rings. The molecule has 0 aliphatic carbocycles. The Balaban J connectivity index is 2.97. The third kappa shape index (κ3) is 6.05. The molecule has 0 radical (unpaired) electrons. The normalized spacial score (nSPS) is 13.5. The van der Waals surface area contributed by atoms with Gasteiger partial charge in [0.15, 0.2) is 0 Å². The summed E-state index contributed by atoms with van der Waals surface area (Å²) in [5.74, 6) is 0.747. The first-order chi connectivity index (χ1) is 4.81. The van der Waals surface area contributed by atoms with E-state index in [4.69, 9.17) is 5.11 Å². The van der Waals surface area contributed by atoms with Crippen molar-refractivity contribution in [1.29, 1.82) is 0 Å². The second-order valence-corrected chi connectivity index (χ2v) is 2.82. The van der Waals surface area contributed by atoms with Crippen LogP contribution in [0.15, 0.2) is 0 Å². The van der Waals surface area contributed by atoms with E-state index in [0.29, 0.717) is 0 Å². The van der Waals surface area contributed by atoms with Crippen LogP contribution in [-0.2, 0) is 0 Å². The van der Waals surface area contributed by atoms with Crippen LogP contribution in [0.2, 0.25) is 0 Å². The SMILES string of the molecule is CCCC(C)CNCCO. The lowest BCUT2D eigenvalue weighted by Crippen LogP contribution is -2.24. The van der Waals surface area contributed by atoms with Crippen molar-refractivity contribution in [2.75, 3.05) is 19.7 Å². The Labute approximate surface area is 63.6 Å². The lowest BCUT2D eigenvalue weighted by molar-refractivity contribution is 0.288. The van der Waals surface area contributed by atoms with Gasteiger partial charge in [0.05, 0.1) is 6.61 Å². The fraction of sp³-hybridized carbons (Fsp3) is 1.00. The van der Waals surface area contributed by atoms with Crippen LogP contribution in [0.1, 0.15) is 26.7 Å². The van der Waals surface area contributed by atoms with E-state index in [1.165, 1.54) is 12.8 Å². The standard InChI is InChI=1S/C8H19NO/c1-3-4-8(2)7-9-5-6-10/h8-10H,3-7H2,1-2H3. The zero-order valence-electron chi connectivity index (χ0n) is 7.06. The Bertz CT molecular complexity index is 66.3. The lowest BCUT2D eigenvalue weighted by atomic mass is 10.1. The summed E-state index contributed by atoms with van der Waals surface area (Å²) in [5.41, 5.74) is 0. The van der Waals surface area contributed by atoms with Gasteiger partial charge in [-0.25, -0.2) is 0 Å². The molecule has 0 aromatic carbocycles. The van der Waals surface area contributed by atoms with Crippen LogP contribution in [0.4, 0.5) is 0 Å². The molecular formula is C8H19NO.